The molecule has 1 aliphatic rings. The molecule has 3 aromatic carbocycles. The van der Waals surface area contributed by atoms with Crippen molar-refractivity contribution in [2.45, 2.75) is 12.0 Å². The van der Waals surface area contributed by atoms with Crippen molar-refractivity contribution in [2.24, 2.45) is 0 Å². The van der Waals surface area contributed by atoms with Gasteiger partial charge in [-0.05, 0) is 35.2 Å². The smallest absolute Gasteiger partial charge is 0.143 e. The lowest BCUT2D eigenvalue weighted by molar-refractivity contribution is 0.0553. The van der Waals surface area contributed by atoms with E-state index in [4.69, 9.17) is 4.74 Å². The van der Waals surface area contributed by atoms with E-state index in [9.17, 15) is 0 Å². The topological polar surface area (TPSA) is 12.5 Å². The van der Waals surface area contributed by atoms with Gasteiger partial charge >= 0.3 is 0 Å². The van der Waals surface area contributed by atoms with Crippen LogP contribution in [0.25, 0.3) is 0 Å². The highest BCUT2D eigenvalue weighted by atomic mass is 16.5. The molecule has 1 atom stereocenters. The Kier molecular flexibility index (Phi) is 4.59. The minimum absolute atomic E-state index is 0.384. The van der Waals surface area contributed by atoms with Gasteiger partial charge in [0.15, 0.2) is 0 Å². The van der Waals surface area contributed by atoms with Gasteiger partial charge in [0, 0.05) is 6.54 Å². The summed E-state index contributed by atoms with van der Waals surface area (Å²) in [6, 6.07) is 29.3. The van der Waals surface area contributed by atoms with E-state index in [1.165, 1.54) is 16.7 Å². The monoisotopic (exact) mass is 341 g/mol. The molecule has 0 amide bonds. The maximum absolute atomic E-state index is 6.12. The average Bonchev–Trinajstić information content (AvgIpc) is 2.73. The van der Waals surface area contributed by atoms with Crippen LogP contribution in [0.15, 0.2) is 97.6 Å². The maximum atomic E-state index is 6.12. The van der Waals surface area contributed by atoms with Crippen molar-refractivity contribution in [1.82, 2.24) is 4.90 Å². The number of para-hydroxylation sites is 1. The summed E-state index contributed by atoms with van der Waals surface area (Å²) in [5.74, 6) is 0.886. The van der Waals surface area contributed by atoms with Crippen molar-refractivity contribution < 1.29 is 4.74 Å². The molecule has 0 aromatic heterocycles. The summed E-state index contributed by atoms with van der Waals surface area (Å²) in [5, 5.41) is 0. The van der Waals surface area contributed by atoms with Gasteiger partial charge in [-0.25, -0.2) is 0 Å². The number of hydrogen-bond donors (Lipinski definition) is 0. The summed E-state index contributed by atoms with van der Waals surface area (Å²) in [4.78, 5) is 2.38. The van der Waals surface area contributed by atoms with E-state index < -0.39 is 0 Å². The van der Waals surface area contributed by atoms with Gasteiger partial charge in [0.1, 0.15) is 12.5 Å². The number of ether oxygens (including phenoxy) is 1. The molecule has 0 aliphatic carbocycles. The first kappa shape index (κ1) is 16.6. The van der Waals surface area contributed by atoms with Crippen molar-refractivity contribution in [3.63, 3.8) is 0 Å². The minimum atomic E-state index is -0.384. The molecular weight excluding hydrogens is 318 g/mol. The molecule has 1 unspecified atom stereocenters. The fourth-order valence-corrected chi connectivity index (χ4v) is 3.94. The van der Waals surface area contributed by atoms with Crippen molar-refractivity contribution in [3.05, 3.63) is 114 Å². The molecule has 0 fully saturated rings. The molecule has 2 nitrogen and oxygen atoms in total. The second-order valence-corrected chi connectivity index (χ2v) is 6.59. The third kappa shape index (κ3) is 2.83. The first-order chi connectivity index (χ1) is 12.8. The van der Waals surface area contributed by atoms with Crippen LogP contribution in [0.5, 0.6) is 5.75 Å². The highest BCUT2D eigenvalue weighted by molar-refractivity contribution is 5.48. The highest BCUT2D eigenvalue weighted by Crippen LogP contribution is 2.42. The third-order valence-electron chi connectivity index (χ3n) is 5.22. The highest BCUT2D eigenvalue weighted by Gasteiger charge is 2.41. The van der Waals surface area contributed by atoms with Crippen LogP contribution in [-0.2, 0) is 12.0 Å². The van der Waals surface area contributed by atoms with Gasteiger partial charge in [-0.2, -0.15) is 0 Å². The lowest BCUT2D eigenvalue weighted by Crippen LogP contribution is -2.51. The second kappa shape index (κ2) is 7.19. The lowest BCUT2D eigenvalue weighted by atomic mass is 9.76. The predicted molar refractivity (Wildman–Crippen MR) is 106 cm³/mol. The number of rotatable bonds is 5. The van der Waals surface area contributed by atoms with Crippen molar-refractivity contribution >= 4 is 0 Å². The van der Waals surface area contributed by atoms with E-state index in [1.54, 1.807) is 0 Å². The van der Waals surface area contributed by atoms with E-state index in [-0.39, 0.29) is 5.54 Å². The Morgan fingerprint density at radius 1 is 0.885 bits per heavy atom. The molecule has 0 saturated carbocycles. The Morgan fingerprint density at radius 2 is 1.54 bits per heavy atom. The predicted octanol–water partition coefficient (Wildman–Crippen LogP) is 5.01. The number of benzene rings is 3. The van der Waals surface area contributed by atoms with Crippen molar-refractivity contribution in [2.75, 3.05) is 13.3 Å². The molecule has 0 radical (unpaired) electrons. The fraction of sp³-hybridized carbons (Fsp3) is 0.167. The molecule has 1 heterocycles. The van der Waals surface area contributed by atoms with Crippen LogP contribution in [0, 0.1) is 0 Å². The van der Waals surface area contributed by atoms with Crippen LogP contribution in [0.3, 0.4) is 0 Å². The van der Waals surface area contributed by atoms with Gasteiger partial charge in [-0.15, -0.1) is 6.58 Å². The lowest BCUT2D eigenvalue weighted by Gasteiger charge is -2.46. The van der Waals surface area contributed by atoms with E-state index in [2.05, 4.69) is 72.2 Å². The molecule has 1 aliphatic heterocycles. The molecule has 2 heteroatoms. The average molecular weight is 341 g/mol. The number of fused-ring (bicyclic) bond motifs is 1. The maximum Gasteiger partial charge on any atom is 0.143 e. The second-order valence-electron chi connectivity index (χ2n) is 6.59. The quantitative estimate of drug-likeness (QED) is 0.605. The summed E-state index contributed by atoms with van der Waals surface area (Å²) < 4.78 is 6.12. The first-order valence-corrected chi connectivity index (χ1v) is 9.05. The van der Waals surface area contributed by atoms with Crippen LogP contribution in [0.4, 0.5) is 0 Å². The van der Waals surface area contributed by atoms with Gasteiger partial charge in [-0.1, -0.05) is 78.9 Å². The normalized spacial score (nSPS) is 19.5. The molecule has 0 N–H and O–H groups in total. The van der Waals surface area contributed by atoms with Gasteiger partial charge in [-0.3, -0.25) is 4.90 Å². The van der Waals surface area contributed by atoms with Crippen molar-refractivity contribution in [3.8, 4) is 5.75 Å². The fourth-order valence-electron chi connectivity index (χ4n) is 3.94. The molecule has 0 saturated heterocycles. The zero-order valence-electron chi connectivity index (χ0n) is 14.8. The van der Waals surface area contributed by atoms with Gasteiger partial charge < -0.3 is 4.74 Å². The molecule has 0 spiro atoms. The SMILES string of the molecule is C=CC1(c2ccccc2)c2ccccc2CCN1COc1ccccc1. The largest absolute Gasteiger partial charge is 0.478 e. The Hall–Kier alpha value is -2.84. The first-order valence-electron chi connectivity index (χ1n) is 9.05. The summed E-state index contributed by atoms with van der Waals surface area (Å²) >= 11 is 0. The van der Waals surface area contributed by atoms with Crippen LogP contribution in [-0.4, -0.2) is 18.2 Å². The van der Waals surface area contributed by atoms with Gasteiger partial charge in [0.05, 0.1) is 5.54 Å². The van der Waals surface area contributed by atoms with Crippen LogP contribution in [0.2, 0.25) is 0 Å². The molecule has 3 aromatic rings. The summed E-state index contributed by atoms with van der Waals surface area (Å²) in [5.41, 5.74) is 3.51. The van der Waals surface area contributed by atoms with E-state index in [1.807, 2.05) is 30.3 Å². The Morgan fingerprint density at radius 3 is 2.27 bits per heavy atom. The van der Waals surface area contributed by atoms with Crippen LogP contribution >= 0.6 is 0 Å². The summed E-state index contributed by atoms with van der Waals surface area (Å²) in [6.07, 6.45) is 3.07. The van der Waals surface area contributed by atoms with Gasteiger partial charge in [0.2, 0.25) is 0 Å². The Bertz CT molecular complexity index is 875. The van der Waals surface area contributed by atoms with E-state index in [0.717, 1.165) is 18.7 Å². The third-order valence-corrected chi connectivity index (χ3v) is 5.22. The van der Waals surface area contributed by atoms with Crippen LogP contribution in [0.1, 0.15) is 16.7 Å². The van der Waals surface area contributed by atoms with E-state index >= 15 is 0 Å². The molecular formula is C24H23NO. The molecule has 130 valence electrons. The number of hydrogen-bond acceptors (Lipinski definition) is 2. The zero-order chi connectivity index (χ0) is 17.8. The Labute approximate surface area is 155 Å². The summed E-state index contributed by atoms with van der Waals surface area (Å²) in [7, 11) is 0. The molecule has 26 heavy (non-hydrogen) atoms. The van der Waals surface area contributed by atoms with Gasteiger partial charge in [0.25, 0.3) is 0 Å². The zero-order valence-corrected chi connectivity index (χ0v) is 14.8. The minimum Gasteiger partial charge on any atom is -0.478 e. The van der Waals surface area contributed by atoms with Crippen LogP contribution < -0.4 is 4.74 Å². The summed E-state index contributed by atoms with van der Waals surface area (Å²) in [6.45, 7) is 5.67. The van der Waals surface area contributed by atoms with E-state index in [0.29, 0.717) is 6.73 Å². The molecule has 0 bridgehead atoms. The van der Waals surface area contributed by atoms with Crippen molar-refractivity contribution in [1.29, 1.82) is 0 Å². The molecule has 4 rings (SSSR count). The Balaban J connectivity index is 1.76. The number of nitrogens with zero attached hydrogens (tertiary/aromatic N) is 1. The standard InChI is InChI=1S/C24H23NO/c1-2-24(21-12-5-3-6-13-21)23-16-10-9-11-20(23)17-18-25(24)19-26-22-14-7-4-8-15-22/h2-16H,1,17-19H2.